The van der Waals surface area contributed by atoms with Gasteiger partial charge in [0.05, 0.1) is 6.54 Å². The molecule has 0 aliphatic rings. The summed E-state index contributed by atoms with van der Waals surface area (Å²) in [5.41, 5.74) is 0. The van der Waals surface area contributed by atoms with Gasteiger partial charge in [-0.25, -0.2) is 4.98 Å². The minimum atomic E-state index is 0.607. The predicted molar refractivity (Wildman–Crippen MR) is 46.8 cm³/mol. The van der Waals surface area contributed by atoms with Crippen molar-refractivity contribution in [2.75, 3.05) is 0 Å². The summed E-state index contributed by atoms with van der Waals surface area (Å²) in [6, 6.07) is 0. The van der Waals surface area contributed by atoms with Crippen molar-refractivity contribution >= 4 is 11.3 Å². The fourth-order valence-electron chi connectivity index (χ4n) is 0.879. The maximum Gasteiger partial charge on any atom is 0.188 e. The number of aromatic nitrogens is 5. The van der Waals surface area contributed by atoms with Crippen molar-refractivity contribution in [2.45, 2.75) is 13.1 Å². The number of nitrogens with one attached hydrogen (secondary N) is 2. The normalized spacial score (nSPS) is 10.5. The van der Waals surface area contributed by atoms with E-state index in [1.807, 2.05) is 5.38 Å². The molecule has 0 aliphatic heterocycles. The lowest BCUT2D eigenvalue weighted by Gasteiger charge is -1.96. The fourth-order valence-corrected chi connectivity index (χ4v) is 1.46. The van der Waals surface area contributed by atoms with Gasteiger partial charge in [-0.2, -0.15) is 5.21 Å². The molecule has 2 aromatic rings. The van der Waals surface area contributed by atoms with Gasteiger partial charge in [0.2, 0.25) is 0 Å². The van der Waals surface area contributed by atoms with Crippen molar-refractivity contribution in [3.8, 4) is 0 Å². The van der Waals surface area contributed by atoms with Gasteiger partial charge in [0, 0.05) is 18.1 Å². The maximum atomic E-state index is 4.13. The van der Waals surface area contributed by atoms with Crippen LogP contribution in [0.4, 0.5) is 0 Å². The monoisotopic (exact) mass is 196 g/mol. The van der Waals surface area contributed by atoms with Gasteiger partial charge in [-0.1, -0.05) is 5.21 Å². The Labute approximate surface area is 78.4 Å². The molecule has 0 atom stereocenters. The van der Waals surface area contributed by atoms with E-state index in [9.17, 15) is 0 Å². The van der Waals surface area contributed by atoms with Crippen LogP contribution in [0.2, 0.25) is 0 Å². The smallest absolute Gasteiger partial charge is 0.188 e. The molecule has 2 N–H and O–H groups in total. The third-order valence-electron chi connectivity index (χ3n) is 1.43. The van der Waals surface area contributed by atoms with Crippen LogP contribution in [0.3, 0.4) is 0 Å². The minimum absolute atomic E-state index is 0.607. The molecule has 0 unspecified atom stereocenters. The highest BCUT2D eigenvalue weighted by atomic mass is 32.1. The number of H-pyrrole nitrogens is 1. The van der Waals surface area contributed by atoms with E-state index in [4.69, 9.17) is 0 Å². The molecule has 0 aliphatic carbocycles. The lowest BCUT2D eigenvalue weighted by atomic mass is 10.5. The quantitative estimate of drug-likeness (QED) is 0.716. The number of aromatic amines is 1. The molecule has 0 fully saturated rings. The molecule has 0 saturated heterocycles. The van der Waals surface area contributed by atoms with Gasteiger partial charge >= 0.3 is 0 Å². The zero-order chi connectivity index (χ0) is 8.93. The zero-order valence-electron chi connectivity index (χ0n) is 6.77. The molecular formula is C6H8N6S. The van der Waals surface area contributed by atoms with Crippen LogP contribution < -0.4 is 5.32 Å². The molecule has 0 aromatic carbocycles. The molecule has 2 aromatic heterocycles. The predicted octanol–water partition coefficient (Wildman–Crippen LogP) is -0.0540. The number of hydrogen-bond donors (Lipinski definition) is 2. The fraction of sp³-hybridized carbons (Fsp3) is 0.333. The van der Waals surface area contributed by atoms with Gasteiger partial charge in [0.25, 0.3) is 0 Å². The van der Waals surface area contributed by atoms with Gasteiger partial charge in [-0.3, -0.25) is 0 Å². The van der Waals surface area contributed by atoms with Crippen molar-refractivity contribution < 1.29 is 0 Å². The summed E-state index contributed by atoms with van der Waals surface area (Å²) in [6.07, 6.45) is 1.79. The first kappa shape index (κ1) is 8.27. The van der Waals surface area contributed by atoms with Crippen LogP contribution in [0.15, 0.2) is 11.6 Å². The first-order chi connectivity index (χ1) is 6.45. The second-order valence-electron chi connectivity index (χ2n) is 2.36. The van der Waals surface area contributed by atoms with Crippen LogP contribution in [0, 0.1) is 0 Å². The van der Waals surface area contributed by atoms with Crippen LogP contribution in [-0.2, 0) is 13.1 Å². The zero-order valence-corrected chi connectivity index (χ0v) is 7.58. The molecule has 0 spiro atoms. The van der Waals surface area contributed by atoms with Crippen LogP contribution in [0.5, 0.6) is 0 Å². The second-order valence-corrected chi connectivity index (χ2v) is 3.34. The molecule has 2 rings (SSSR count). The molecule has 6 nitrogen and oxygen atoms in total. The first-order valence-corrected chi connectivity index (χ1v) is 4.64. The molecule has 7 heteroatoms. The Morgan fingerprint density at radius 3 is 3.15 bits per heavy atom. The molecule has 0 amide bonds. The van der Waals surface area contributed by atoms with E-state index in [0.29, 0.717) is 12.4 Å². The maximum absolute atomic E-state index is 4.13. The number of tetrazole rings is 1. The third-order valence-corrected chi connectivity index (χ3v) is 2.21. The van der Waals surface area contributed by atoms with Gasteiger partial charge in [-0.05, 0) is 0 Å². The van der Waals surface area contributed by atoms with Crippen LogP contribution >= 0.6 is 11.3 Å². The molecule has 0 radical (unpaired) electrons. The summed E-state index contributed by atoms with van der Waals surface area (Å²) in [5.74, 6) is 0.663. The topological polar surface area (TPSA) is 79.4 Å². The molecular weight excluding hydrogens is 188 g/mol. The van der Waals surface area contributed by atoms with E-state index in [2.05, 4.69) is 30.9 Å². The SMILES string of the molecule is c1csc(CNCc2nn[nH]n2)n1. The van der Waals surface area contributed by atoms with E-state index in [1.54, 1.807) is 17.5 Å². The molecule has 13 heavy (non-hydrogen) atoms. The third kappa shape index (κ3) is 2.30. The van der Waals surface area contributed by atoms with E-state index in [-0.39, 0.29) is 0 Å². The van der Waals surface area contributed by atoms with E-state index >= 15 is 0 Å². The molecule has 2 heterocycles. The summed E-state index contributed by atoms with van der Waals surface area (Å²) in [7, 11) is 0. The highest BCUT2D eigenvalue weighted by Crippen LogP contribution is 2.02. The van der Waals surface area contributed by atoms with Crippen LogP contribution in [-0.4, -0.2) is 25.6 Å². The van der Waals surface area contributed by atoms with Crippen molar-refractivity contribution in [2.24, 2.45) is 0 Å². The highest BCUT2D eigenvalue weighted by molar-refractivity contribution is 7.09. The minimum Gasteiger partial charge on any atom is -0.303 e. The van der Waals surface area contributed by atoms with E-state index < -0.39 is 0 Å². The summed E-state index contributed by atoms with van der Waals surface area (Å²) < 4.78 is 0. The van der Waals surface area contributed by atoms with Crippen molar-refractivity contribution in [3.63, 3.8) is 0 Å². The van der Waals surface area contributed by atoms with Crippen LogP contribution in [0.25, 0.3) is 0 Å². The second kappa shape index (κ2) is 4.06. The van der Waals surface area contributed by atoms with Gasteiger partial charge in [0.15, 0.2) is 5.82 Å². The largest absolute Gasteiger partial charge is 0.303 e. The number of nitrogens with zero attached hydrogens (tertiary/aromatic N) is 4. The standard InChI is InChI=1S/C6H8N6S/c1-2-13-6(8-1)4-7-3-5-9-11-12-10-5/h1-2,7H,3-4H2,(H,9,10,11,12). The summed E-state index contributed by atoms with van der Waals surface area (Å²) >= 11 is 1.62. The average Bonchev–Trinajstić information content (AvgIpc) is 2.75. The molecule has 68 valence electrons. The number of hydrogen-bond acceptors (Lipinski definition) is 6. The van der Waals surface area contributed by atoms with Crippen molar-refractivity contribution in [1.82, 2.24) is 30.9 Å². The average molecular weight is 196 g/mol. The Morgan fingerprint density at radius 2 is 2.46 bits per heavy atom. The summed E-state index contributed by atoms with van der Waals surface area (Å²) in [6.45, 7) is 1.35. The van der Waals surface area contributed by atoms with Gasteiger partial charge in [0.1, 0.15) is 5.01 Å². The Morgan fingerprint density at radius 1 is 1.46 bits per heavy atom. The van der Waals surface area contributed by atoms with Crippen molar-refractivity contribution in [1.29, 1.82) is 0 Å². The van der Waals surface area contributed by atoms with Gasteiger partial charge < -0.3 is 5.32 Å². The summed E-state index contributed by atoms with van der Waals surface area (Å²) in [5, 5.41) is 19.6. The Hall–Kier alpha value is -1.34. The van der Waals surface area contributed by atoms with E-state index in [0.717, 1.165) is 11.6 Å². The lowest BCUT2D eigenvalue weighted by Crippen LogP contribution is -2.13. The number of rotatable bonds is 4. The number of thiazole rings is 1. The summed E-state index contributed by atoms with van der Waals surface area (Å²) in [4.78, 5) is 4.13. The molecule has 0 bridgehead atoms. The Bertz CT molecular complexity index is 294. The Kier molecular flexibility index (Phi) is 2.58. The highest BCUT2D eigenvalue weighted by Gasteiger charge is 1.98. The molecule has 0 saturated carbocycles. The lowest BCUT2D eigenvalue weighted by molar-refractivity contribution is 0.661. The van der Waals surface area contributed by atoms with Crippen molar-refractivity contribution in [3.05, 3.63) is 22.4 Å². The Balaban J connectivity index is 1.76. The van der Waals surface area contributed by atoms with Crippen LogP contribution in [0.1, 0.15) is 10.8 Å². The first-order valence-electron chi connectivity index (χ1n) is 3.76. The van der Waals surface area contributed by atoms with Gasteiger partial charge in [-0.15, -0.1) is 21.5 Å². The van der Waals surface area contributed by atoms with E-state index in [1.165, 1.54) is 0 Å².